The molecule has 0 spiro atoms. The van der Waals surface area contributed by atoms with E-state index >= 15 is 0 Å². The highest BCUT2D eigenvalue weighted by Crippen LogP contribution is 2.14. The van der Waals surface area contributed by atoms with E-state index in [0.29, 0.717) is 0 Å². The van der Waals surface area contributed by atoms with Crippen molar-refractivity contribution >= 4 is 27.7 Å². The van der Waals surface area contributed by atoms with Crippen molar-refractivity contribution in [2.75, 3.05) is 17.6 Å². The van der Waals surface area contributed by atoms with Crippen LogP contribution in [0.5, 0.6) is 0 Å². The number of primary sulfonamides is 1. The summed E-state index contributed by atoms with van der Waals surface area (Å²) in [5, 5.41) is 17.9. The van der Waals surface area contributed by atoms with E-state index in [9.17, 15) is 22.4 Å². The minimum absolute atomic E-state index is 0.0527. The van der Waals surface area contributed by atoms with Gasteiger partial charge in [0.25, 0.3) is 0 Å². The minimum Gasteiger partial charge on any atom is -0.478 e. The van der Waals surface area contributed by atoms with Gasteiger partial charge >= 0.3 is 12.0 Å². The van der Waals surface area contributed by atoms with Crippen LogP contribution >= 0.6 is 0 Å². The van der Waals surface area contributed by atoms with Gasteiger partial charge in [0.15, 0.2) is 0 Å². The third kappa shape index (κ3) is 5.20. The molecule has 0 aliphatic rings. The number of rotatable bonds is 5. The van der Waals surface area contributed by atoms with Crippen molar-refractivity contribution in [3.05, 3.63) is 29.6 Å². The van der Waals surface area contributed by atoms with Gasteiger partial charge in [0.1, 0.15) is 5.82 Å². The Morgan fingerprint density at radius 2 is 2.00 bits per heavy atom. The Labute approximate surface area is 113 Å². The van der Waals surface area contributed by atoms with E-state index < -0.39 is 39.2 Å². The quantitative estimate of drug-likeness (QED) is 0.603. The summed E-state index contributed by atoms with van der Waals surface area (Å²) in [5.41, 5.74) is -0.538. The van der Waals surface area contributed by atoms with Crippen molar-refractivity contribution in [1.29, 1.82) is 0 Å². The standard InChI is InChI=1S/C10H12FN3O5S/c11-8-2-1-6(5-7(8)9(15)16)14-10(17)13-3-4-20(12,18)19/h1-2,5H,3-4H2,(H,15,16)(H2,12,18,19)(H2,13,14,17). The zero-order chi connectivity index (χ0) is 15.3. The number of halogens is 1. The largest absolute Gasteiger partial charge is 0.478 e. The zero-order valence-electron chi connectivity index (χ0n) is 10.1. The van der Waals surface area contributed by atoms with Gasteiger partial charge < -0.3 is 15.7 Å². The van der Waals surface area contributed by atoms with Crippen molar-refractivity contribution in [1.82, 2.24) is 5.32 Å². The van der Waals surface area contributed by atoms with Gasteiger partial charge in [-0.3, -0.25) is 0 Å². The molecular formula is C10H12FN3O5S. The number of anilines is 1. The molecule has 0 fully saturated rings. The number of sulfonamides is 1. The maximum atomic E-state index is 13.1. The molecule has 0 saturated heterocycles. The molecule has 20 heavy (non-hydrogen) atoms. The van der Waals surface area contributed by atoms with E-state index in [4.69, 9.17) is 10.2 Å². The van der Waals surface area contributed by atoms with E-state index in [2.05, 4.69) is 10.6 Å². The summed E-state index contributed by atoms with van der Waals surface area (Å²) >= 11 is 0. The smallest absolute Gasteiger partial charge is 0.338 e. The number of nitrogens with two attached hydrogens (primary N) is 1. The summed E-state index contributed by atoms with van der Waals surface area (Å²) in [6.45, 7) is -0.211. The second kappa shape index (κ2) is 6.30. The fourth-order valence-electron chi connectivity index (χ4n) is 1.25. The van der Waals surface area contributed by atoms with E-state index in [1.807, 2.05) is 0 Å². The Hall–Kier alpha value is -2.20. The maximum Gasteiger partial charge on any atom is 0.338 e. The van der Waals surface area contributed by atoms with Gasteiger partial charge in [0.05, 0.1) is 11.3 Å². The lowest BCUT2D eigenvalue weighted by atomic mass is 10.2. The van der Waals surface area contributed by atoms with Crippen molar-refractivity contribution in [2.45, 2.75) is 0 Å². The molecule has 0 saturated carbocycles. The summed E-state index contributed by atoms with van der Waals surface area (Å²) in [4.78, 5) is 22.1. The van der Waals surface area contributed by atoms with Gasteiger partial charge in [0.2, 0.25) is 10.0 Å². The van der Waals surface area contributed by atoms with Crippen LogP contribution in [0.3, 0.4) is 0 Å². The third-order valence-corrected chi connectivity index (χ3v) is 2.90. The van der Waals surface area contributed by atoms with Crippen LogP contribution in [0.1, 0.15) is 10.4 Å². The number of carbonyl (C=O) groups is 2. The summed E-state index contributed by atoms with van der Waals surface area (Å²) in [5.74, 6) is -2.84. The lowest BCUT2D eigenvalue weighted by Crippen LogP contribution is -2.34. The Bertz CT molecular complexity index is 632. The normalized spacial score (nSPS) is 10.9. The summed E-state index contributed by atoms with van der Waals surface area (Å²) in [6, 6.07) is 2.23. The fraction of sp³-hybridized carbons (Fsp3) is 0.200. The van der Waals surface area contributed by atoms with Gasteiger partial charge in [-0.25, -0.2) is 27.5 Å². The molecule has 1 aromatic rings. The zero-order valence-corrected chi connectivity index (χ0v) is 10.9. The summed E-state index contributed by atoms with van der Waals surface area (Å²) < 4.78 is 34.4. The highest BCUT2D eigenvalue weighted by molar-refractivity contribution is 7.89. The van der Waals surface area contributed by atoms with E-state index in [1.165, 1.54) is 6.07 Å². The molecule has 5 N–H and O–H groups in total. The van der Waals surface area contributed by atoms with Crippen LogP contribution in [0, 0.1) is 5.82 Å². The predicted octanol–water partition coefficient (Wildman–Crippen LogP) is -0.0661. The number of carboxylic acids is 1. The molecule has 0 atom stereocenters. The average molecular weight is 305 g/mol. The third-order valence-electron chi connectivity index (χ3n) is 2.13. The first-order chi connectivity index (χ1) is 9.19. The first-order valence-corrected chi connectivity index (χ1v) is 6.99. The summed E-state index contributed by atoms with van der Waals surface area (Å²) in [6.07, 6.45) is 0. The second-order valence-electron chi connectivity index (χ2n) is 3.75. The molecule has 0 aliphatic heterocycles. The highest BCUT2D eigenvalue weighted by Gasteiger charge is 2.12. The van der Waals surface area contributed by atoms with Crippen LogP contribution in [0.15, 0.2) is 18.2 Å². The first-order valence-electron chi connectivity index (χ1n) is 5.27. The SMILES string of the molecule is NS(=O)(=O)CCNC(=O)Nc1ccc(F)c(C(=O)O)c1. The van der Waals surface area contributed by atoms with Crippen LogP contribution in [0.4, 0.5) is 14.9 Å². The molecule has 0 radical (unpaired) electrons. The van der Waals surface area contributed by atoms with E-state index in [0.717, 1.165) is 12.1 Å². The summed E-state index contributed by atoms with van der Waals surface area (Å²) in [7, 11) is -3.69. The van der Waals surface area contributed by atoms with Crippen molar-refractivity contribution in [3.63, 3.8) is 0 Å². The van der Waals surface area contributed by atoms with E-state index in [-0.39, 0.29) is 12.2 Å². The van der Waals surface area contributed by atoms with Gasteiger partial charge in [-0.05, 0) is 18.2 Å². The molecule has 1 rings (SSSR count). The van der Waals surface area contributed by atoms with Crippen molar-refractivity contribution in [2.24, 2.45) is 5.14 Å². The monoisotopic (exact) mass is 305 g/mol. The Balaban J connectivity index is 2.63. The molecule has 0 aliphatic carbocycles. The minimum atomic E-state index is -3.69. The number of carboxylic acid groups (broad SMARTS) is 1. The van der Waals surface area contributed by atoms with E-state index in [1.54, 1.807) is 0 Å². The van der Waals surface area contributed by atoms with Crippen LogP contribution in [-0.4, -0.2) is 37.8 Å². The molecule has 2 amide bonds. The predicted molar refractivity (Wildman–Crippen MR) is 68.4 cm³/mol. The number of amides is 2. The van der Waals surface area contributed by atoms with Crippen LogP contribution in [0.25, 0.3) is 0 Å². The van der Waals surface area contributed by atoms with Gasteiger partial charge in [-0.2, -0.15) is 0 Å². The Morgan fingerprint density at radius 3 is 2.55 bits per heavy atom. The molecule has 0 aromatic heterocycles. The van der Waals surface area contributed by atoms with Crippen LogP contribution < -0.4 is 15.8 Å². The molecular weight excluding hydrogens is 293 g/mol. The van der Waals surface area contributed by atoms with Gasteiger partial charge in [-0.1, -0.05) is 0 Å². The van der Waals surface area contributed by atoms with Gasteiger partial charge in [0, 0.05) is 12.2 Å². The molecule has 10 heteroatoms. The highest BCUT2D eigenvalue weighted by atomic mass is 32.2. The Kier molecular flexibility index (Phi) is 5.00. The molecule has 0 heterocycles. The van der Waals surface area contributed by atoms with Crippen molar-refractivity contribution in [3.8, 4) is 0 Å². The van der Waals surface area contributed by atoms with Gasteiger partial charge in [-0.15, -0.1) is 0 Å². The van der Waals surface area contributed by atoms with Crippen LogP contribution in [-0.2, 0) is 10.0 Å². The second-order valence-corrected chi connectivity index (χ2v) is 5.48. The fourth-order valence-corrected chi connectivity index (χ4v) is 1.64. The number of hydrogen-bond donors (Lipinski definition) is 4. The molecule has 8 nitrogen and oxygen atoms in total. The number of carbonyl (C=O) groups excluding carboxylic acids is 1. The molecule has 0 unspecified atom stereocenters. The topological polar surface area (TPSA) is 139 Å². The lowest BCUT2D eigenvalue weighted by molar-refractivity contribution is 0.0692. The average Bonchev–Trinajstić information content (AvgIpc) is 2.29. The molecule has 110 valence electrons. The number of urea groups is 1. The number of nitrogens with one attached hydrogen (secondary N) is 2. The first kappa shape index (κ1) is 15.9. The van der Waals surface area contributed by atoms with Crippen molar-refractivity contribution < 1.29 is 27.5 Å². The lowest BCUT2D eigenvalue weighted by Gasteiger charge is -2.08. The number of hydrogen-bond acceptors (Lipinski definition) is 4. The number of aromatic carboxylic acids is 1. The van der Waals surface area contributed by atoms with Crippen LogP contribution in [0.2, 0.25) is 0 Å². The molecule has 1 aromatic carbocycles. The number of benzene rings is 1. The Morgan fingerprint density at radius 1 is 1.35 bits per heavy atom. The maximum absolute atomic E-state index is 13.1. The molecule has 0 bridgehead atoms.